The second-order valence-corrected chi connectivity index (χ2v) is 4.42. The quantitative estimate of drug-likeness (QED) is 0.855. The van der Waals surface area contributed by atoms with Crippen LogP contribution < -0.4 is 5.73 Å². The van der Waals surface area contributed by atoms with Gasteiger partial charge in [-0.3, -0.25) is 0 Å². The molecule has 16 heavy (non-hydrogen) atoms. The standard InChI is InChI=1S/C10H10ClN3OS/c1-16-5-8-13-10(15-14-8)6-3-2-4-7(11)9(6)12/h2-4H,5,12H2,1H3. The van der Waals surface area contributed by atoms with Crippen molar-refractivity contribution in [1.82, 2.24) is 10.1 Å². The summed E-state index contributed by atoms with van der Waals surface area (Å²) in [5.41, 5.74) is 6.97. The van der Waals surface area contributed by atoms with Gasteiger partial charge in [-0.05, 0) is 18.4 Å². The normalized spacial score (nSPS) is 10.6. The molecule has 0 bridgehead atoms. The van der Waals surface area contributed by atoms with Gasteiger partial charge in [0.15, 0.2) is 5.82 Å². The van der Waals surface area contributed by atoms with Crippen molar-refractivity contribution in [2.75, 3.05) is 12.0 Å². The molecule has 1 heterocycles. The summed E-state index contributed by atoms with van der Waals surface area (Å²) in [4.78, 5) is 4.23. The molecule has 0 spiro atoms. The van der Waals surface area contributed by atoms with Crippen LogP contribution >= 0.6 is 23.4 Å². The van der Waals surface area contributed by atoms with E-state index in [1.54, 1.807) is 30.0 Å². The molecule has 2 N–H and O–H groups in total. The number of para-hydroxylation sites is 1. The molecule has 0 saturated heterocycles. The van der Waals surface area contributed by atoms with E-state index < -0.39 is 0 Å². The van der Waals surface area contributed by atoms with Crippen molar-refractivity contribution in [3.05, 3.63) is 29.0 Å². The smallest absolute Gasteiger partial charge is 0.260 e. The van der Waals surface area contributed by atoms with Gasteiger partial charge in [-0.2, -0.15) is 16.7 Å². The lowest BCUT2D eigenvalue weighted by Gasteiger charge is -2.01. The molecule has 0 amide bonds. The van der Waals surface area contributed by atoms with E-state index in [0.717, 1.165) is 0 Å². The average molecular weight is 256 g/mol. The predicted molar refractivity (Wildman–Crippen MR) is 66.4 cm³/mol. The summed E-state index contributed by atoms with van der Waals surface area (Å²) in [5.74, 6) is 1.77. The van der Waals surface area contributed by atoms with Crippen molar-refractivity contribution in [3.63, 3.8) is 0 Å². The molecule has 2 aromatic rings. The molecular formula is C10H10ClN3OS. The van der Waals surface area contributed by atoms with Gasteiger partial charge in [0.25, 0.3) is 5.89 Å². The predicted octanol–water partition coefficient (Wildman–Crippen LogP) is 2.84. The molecule has 0 unspecified atom stereocenters. The number of nitrogens with zero attached hydrogens (tertiary/aromatic N) is 2. The van der Waals surface area contributed by atoms with E-state index >= 15 is 0 Å². The first kappa shape index (κ1) is 11.3. The zero-order valence-electron chi connectivity index (χ0n) is 8.61. The number of benzene rings is 1. The molecular weight excluding hydrogens is 246 g/mol. The fourth-order valence-corrected chi connectivity index (χ4v) is 1.82. The van der Waals surface area contributed by atoms with E-state index in [2.05, 4.69) is 10.1 Å². The second kappa shape index (κ2) is 4.76. The fraction of sp³-hybridized carbons (Fsp3) is 0.200. The van der Waals surface area contributed by atoms with Gasteiger partial charge < -0.3 is 10.3 Å². The molecule has 1 aromatic carbocycles. The summed E-state index contributed by atoms with van der Waals surface area (Å²) in [5, 5.41) is 4.34. The molecule has 1 aromatic heterocycles. The Kier molecular flexibility index (Phi) is 3.36. The molecule has 0 aliphatic rings. The summed E-state index contributed by atoms with van der Waals surface area (Å²) in [6.07, 6.45) is 1.98. The Balaban J connectivity index is 2.39. The van der Waals surface area contributed by atoms with Gasteiger partial charge in [0, 0.05) is 0 Å². The highest BCUT2D eigenvalue weighted by molar-refractivity contribution is 7.97. The molecule has 0 atom stereocenters. The van der Waals surface area contributed by atoms with Crippen molar-refractivity contribution < 1.29 is 4.52 Å². The van der Waals surface area contributed by atoms with Crippen LogP contribution in [-0.2, 0) is 5.75 Å². The lowest BCUT2D eigenvalue weighted by atomic mass is 10.2. The maximum absolute atomic E-state index is 5.91. The Morgan fingerprint density at radius 2 is 2.31 bits per heavy atom. The zero-order chi connectivity index (χ0) is 11.5. The van der Waals surface area contributed by atoms with Crippen molar-refractivity contribution in [2.24, 2.45) is 0 Å². The topological polar surface area (TPSA) is 64.9 Å². The molecule has 0 fully saturated rings. The van der Waals surface area contributed by atoms with Crippen molar-refractivity contribution in [3.8, 4) is 11.5 Å². The third kappa shape index (κ3) is 2.15. The third-order valence-electron chi connectivity index (χ3n) is 2.02. The Morgan fingerprint density at radius 3 is 3.06 bits per heavy atom. The SMILES string of the molecule is CSCc1noc(-c2cccc(Cl)c2N)n1. The maximum Gasteiger partial charge on any atom is 0.260 e. The van der Waals surface area contributed by atoms with E-state index in [1.807, 2.05) is 6.26 Å². The summed E-state index contributed by atoms with van der Waals surface area (Å²) in [6, 6.07) is 5.32. The van der Waals surface area contributed by atoms with Gasteiger partial charge >= 0.3 is 0 Å². The summed E-state index contributed by atoms with van der Waals surface area (Å²) < 4.78 is 5.13. The van der Waals surface area contributed by atoms with Crippen LogP contribution in [0.5, 0.6) is 0 Å². The molecule has 2 rings (SSSR count). The highest BCUT2D eigenvalue weighted by atomic mass is 35.5. The average Bonchev–Trinajstić information content (AvgIpc) is 2.71. The number of rotatable bonds is 3. The first-order valence-electron chi connectivity index (χ1n) is 4.58. The van der Waals surface area contributed by atoms with Crippen LogP contribution in [0.15, 0.2) is 22.7 Å². The molecule has 0 aliphatic carbocycles. The molecule has 84 valence electrons. The fourth-order valence-electron chi connectivity index (χ4n) is 1.27. The van der Waals surface area contributed by atoms with Crippen molar-refractivity contribution in [1.29, 1.82) is 0 Å². The van der Waals surface area contributed by atoms with Gasteiger partial charge in [-0.15, -0.1) is 0 Å². The van der Waals surface area contributed by atoms with Crippen molar-refractivity contribution in [2.45, 2.75) is 5.75 Å². The minimum absolute atomic E-state index is 0.407. The zero-order valence-corrected chi connectivity index (χ0v) is 10.2. The van der Waals surface area contributed by atoms with Gasteiger partial charge in [0.1, 0.15) is 0 Å². The first-order valence-corrected chi connectivity index (χ1v) is 6.35. The van der Waals surface area contributed by atoms with Crippen LogP contribution in [0.4, 0.5) is 5.69 Å². The molecule has 0 saturated carbocycles. The van der Waals surface area contributed by atoms with Crippen LogP contribution in [0.2, 0.25) is 5.02 Å². The number of halogens is 1. The Morgan fingerprint density at radius 1 is 1.50 bits per heavy atom. The summed E-state index contributed by atoms with van der Waals surface area (Å²) in [7, 11) is 0. The molecule has 6 heteroatoms. The van der Waals surface area contributed by atoms with Gasteiger partial charge in [-0.1, -0.05) is 22.8 Å². The largest absolute Gasteiger partial charge is 0.397 e. The Bertz CT molecular complexity index is 501. The number of hydrogen-bond acceptors (Lipinski definition) is 5. The number of nitrogen functional groups attached to an aromatic ring is 1. The van der Waals surface area contributed by atoms with Crippen LogP contribution in [0, 0.1) is 0 Å². The lowest BCUT2D eigenvalue weighted by molar-refractivity contribution is 0.425. The second-order valence-electron chi connectivity index (χ2n) is 3.15. The maximum atomic E-state index is 5.91. The third-order valence-corrected chi connectivity index (χ3v) is 2.90. The number of hydrogen-bond donors (Lipinski definition) is 1. The number of anilines is 1. The monoisotopic (exact) mass is 255 g/mol. The van der Waals surface area contributed by atoms with E-state index in [1.165, 1.54) is 0 Å². The number of thioether (sulfide) groups is 1. The van der Waals surface area contributed by atoms with Gasteiger partial charge in [-0.25, -0.2) is 0 Å². The minimum Gasteiger partial charge on any atom is -0.397 e. The highest BCUT2D eigenvalue weighted by Crippen LogP contribution is 2.30. The van der Waals surface area contributed by atoms with Gasteiger partial charge in [0.2, 0.25) is 0 Å². The molecule has 0 aliphatic heterocycles. The van der Waals surface area contributed by atoms with Crippen LogP contribution in [0.1, 0.15) is 5.82 Å². The van der Waals surface area contributed by atoms with E-state index in [9.17, 15) is 0 Å². The number of nitrogens with two attached hydrogens (primary N) is 1. The van der Waals surface area contributed by atoms with E-state index in [0.29, 0.717) is 33.7 Å². The van der Waals surface area contributed by atoms with Crippen molar-refractivity contribution >= 4 is 29.1 Å². The lowest BCUT2D eigenvalue weighted by Crippen LogP contribution is -1.91. The summed E-state index contributed by atoms with van der Waals surface area (Å²) >= 11 is 7.54. The Labute approximate surface area is 102 Å². The van der Waals surface area contributed by atoms with E-state index in [-0.39, 0.29) is 0 Å². The number of aromatic nitrogens is 2. The van der Waals surface area contributed by atoms with Crippen LogP contribution in [-0.4, -0.2) is 16.4 Å². The van der Waals surface area contributed by atoms with E-state index in [4.69, 9.17) is 21.9 Å². The first-order chi connectivity index (χ1) is 7.72. The van der Waals surface area contributed by atoms with Gasteiger partial charge in [0.05, 0.1) is 22.0 Å². The molecule has 0 radical (unpaired) electrons. The van der Waals surface area contributed by atoms with Crippen LogP contribution in [0.3, 0.4) is 0 Å². The molecule has 4 nitrogen and oxygen atoms in total. The van der Waals surface area contributed by atoms with Crippen LogP contribution in [0.25, 0.3) is 11.5 Å². The summed E-state index contributed by atoms with van der Waals surface area (Å²) in [6.45, 7) is 0. The Hall–Kier alpha value is -1.20. The highest BCUT2D eigenvalue weighted by Gasteiger charge is 2.12. The minimum atomic E-state index is 0.407.